The number of amides is 2. The molecule has 2 amide bonds. The number of benzene rings is 1. The Labute approximate surface area is 174 Å². The minimum absolute atomic E-state index is 0.152. The zero-order chi connectivity index (χ0) is 21.7. The standard InChI is InChI=1S/C21H24N4O5/c1-13(2)30-18-10-16-14(9-17(18)20(23)27)4-6-24-21(16)29-12-15-11-28-8-7-25(15)19(26)3-5-22/h4,6,9-10,13,15H,3,7-8,11-12H2,1-2H3,(H2,23,27). The summed E-state index contributed by atoms with van der Waals surface area (Å²) in [6, 6.07) is 6.64. The Balaban J connectivity index is 1.87. The summed E-state index contributed by atoms with van der Waals surface area (Å²) in [5.41, 5.74) is 5.78. The predicted octanol–water partition coefficient (Wildman–Crippen LogP) is 1.64. The van der Waals surface area contributed by atoms with Crippen molar-refractivity contribution in [2.45, 2.75) is 32.4 Å². The van der Waals surface area contributed by atoms with Gasteiger partial charge in [-0.05, 0) is 37.4 Å². The Kier molecular flexibility index (Phi) is 6.69. The van der Waals surface area contributed by atoms with Crippen molar-refractivity contribution in [2.75, 3.05) is 26.4 Å². The first-order valence-electron chi connectivity index (χ1n) is 9.67. The first kappa shape index (κ1) is 21.3. The summed E-state index contributed by atoms with van der Waals surface area (Å²) in [7, 11) is 0. The molecule has 1 unspecified atom stereocenters. The van der Waals surface area contributed by atoms with E-state index in [-0.39, 0.29) is 36.6 Å². The lowest BCUT2D eigenvalue weighted by Crippen LogP contribution is -2.51. The van der Waals surface area contributed by atoms with Crippen LogP contribution in [-0.2, 0) is 9.53 Å². The molecule has 3 rings (SSSR count). The van der Waals surface area contributed by atoms with Crippen LogP contribution in [0, 0.1) is 11.3 Å². The first-order chi connectivity index (χ1) is 14.4. The number of nitrogens with two attached hydrogens (primary N) is 1. The van der Waals surface area contributed by atoms with Gasteiger partial charge in [-0.2, -0.15) is 5.26 Å². The van der Waals surface area contributed by atoms with Crippen molar-refractivity contribution in [1.82, 2.24) is 9.88 Å². The number of hydrogen-bond donors (Lipinski definition) is 1. The van der Waals surface area contributed by atoms with Gasteiger partial charge in [-0.3, -0.25) is 9.59 Å². The van der Waals surface area contributed by atoms with Gasteiger partial charge < -0.3 is 24.8 Å². The second-order valence-electron chi connectivity index (χ2n) is 7.18. The smallest absolute Gasteiger partial charge is 0.252 e. The van der Waals surface area contributed by atoms with Crippen molar-refractivity contribution in [3.05, 3.63) is 30.0 Å². The molecule has 2 N–H and O–H groups in total. The number of nitrogens with zero attached hydrogens (tertiary/aromatic N) is 3. The number of morpholine rings is 1. The number of carbonyl (C=O) groups is 2. The topological polar surface area (TPSA) is 128 Å². The van der Waals surface area contributed by atoms with E-state index in [1.807, 2.05) is 19.9 Å². The maximum Gasteiger partial charge on any atom is 0.252 e. The van der Waals surface area contributed by atoms with Gasteiger partial charge in [0.2, 0.25) is 11.8 Å². The van der Waals surface area contributed by atoms with Gasteiger partial charge in [0.15, 0.2) is 0 Å². The van der Waals surface area contributed by atoms with Gasteiger partial charge >= 0.3 is 0 Å². The third-order valence-corrected chi connectivity index (χ3v) is 4.65. The number of hydrogen-bond acceptors (Lipinski definition) is 7. The van der Waals surface area contributed by atoms with E-state index in [4.69, 9.17) is 25.2 Å². The molecule has 1 atom stereocenters. The SMILES string of the molecule is CC(C)Oc1cc2c(OCC3COCCN3C(=O)CC#N)nccc2cc1C(N)=O. The van der Waals surface area contributed by atoms with Gasteiger partial charge in [0, 0.05) is 18.1 Å². The van der Waals surface area contributed by atoms with E-state index < -0.39 is 5.91 Å². The van der Waals surface area contributed by atoms with Crippen molar-refractivity contribution in [3.63, 3.8) is 0 Å². The third kappa shape index (κ3) is 4.78. The summed E-state index contributed by atoms with van der Waals surface area (Å²) in [5.74, 6) is -0.137. The van der Waals surface area contributed by atoms with E-state index in [0.717, 1.165) is 5.39 Å². The predicted molar refractivity (Wildman–Crippen MR) is 108 cm³/mol. The van der Waals surface area contributed by atoms with Crippen LogP contribution in [0.2, 0.25) is 0 Å². The van der Waals surface area contributed by atoms with Gasteiger partial charge in [0.25, 0.3) is 5.91 Å². The highest BCUT2D eigenvalue weighted by Gasteiger charge is 2.28. The number of rotatable bonds is 7. The van der Waals surface area contributed by atoms with Gasteiger partial charge in [-0.15, -0.1) is 0 Å². The fraction of sp³-hybridized carbons (Fsp3) is 0.429. The number of primary amides is 1. The zero-order valence-corrected chi connectivity index (χ0v) is 17.0. The lowest BCUT2D eigenvalue weighted by atomic mass is 10.1. The summed E-state index contributed by atoms with van der Waals surface area (Å²) in [6.07, 6.45) is 1.23. The first-order valence-corrected chi connectivity index (χ1v) is 9.67. The van der Waals surface area contributed by atoms with Crippen LogP contribution in [0.1, 0.15) is 30.6 Å². The molecule has 0 radical (unpaired) electrons. The van der Waals surface area contributed by atoms with Crippen LogP contribution in [0.15, 0.2) is 24.4 Å². The fourth-order valence-corrected chi connectivity index (χ4v) is 3.30. The number of ether oxygens (including phenoxy) is 3. The quantitative estimate of drug-likeness (QED) is 0.732. The molecule has 30 heavy (non-hydrogen) atoms. The van der Waals surface area contributed by atoms with E-state index in [0.29, 0.717) is 36.8 Å². The monoisotopic (exact) mass is 412 g/mol. The second kappa shape index (κ2) is 9.41. The maximum atomic E-state index is 12.2. The Morgan fingerprint density at radius 1 is 1.43 bits per heavy atom. The molecule has 1 aromatic carbocycles. The van der Waals surface area contributed by atoms with Gasteiger partial charge in [-0.1, -0.05) is 0 Å². The molecule has 0 saturated carbocycles. The third-order valence-electron chi connectivity index (χ3n) is 4.65. The lowest BCUT2D eigenvalue weighted by molar-refractivity contribution is -0.140. The molecule has 1 saturated heterocycles. The minimum Gasteiger partial charge on any atom is -0.490 e. The van der Waals surface area contributed by atoms with Crippen LogP contribution in [0.4, 0.5) is 0 Å². The highest BCUT2D eigenvalue weighted by atomic mass is 16.5. The van der Waals surface area contributed by atoms with Crippen LogP contribution in [0.5, 0.6) is 11.6 Å². The molecule has 1 aliphatic heterocycles. The number of aromatic nitrogens is 1. The van der Waals surface area contributed by atoms with E-state index in [1.54, 1.807) is 29.3 Å². The fourth-order valence-electron chi connectivity index (χ4n) is 3.30. The van der Waals surface area contributed by atoms with E-state index in [9.17, 15) is 9.59 Å². The number of carbonyl (C=O) groups excluding carboxylic acids is 2. The Bertz CT molecular complexity index is 985. The van der Waals surface area contributed by atoms with Crippen LogP contribution in [0.3, 0.4) is 0 Å². The lowest BCUT2D eigenvalue weighted by Gasteiger charge is -2.34. The van der Waals surface area contributed by atoms with E-state index in [2.05, 4.69) is 4.98 Å². The molecule has 1 aliphatic rings. The van der Waals surface area contributed by atoms with Crippen LogP contribution in [-0.4, -0.2) is 60.2 Å². The van der Waals surface area contributed by atoms with Crippen molar-refractivity contribution in [3.8, 4) is 17.7 Å². The van der Waals surface area contributed by atoms with Gasteiger partial charge in [0.05, 0.1) is 37.0 Å². The number of nitriles is 1. The zero-order valence-electron chi connectivity index (χ0n) is 17.0. The van der Waals surface area contributed by atoms with Crippen molar-refractivity contribution in [1.29, 1.82) is 5.26 Å². The summed E-state index contributed by atoms with van der Waals surface area (Å²) in [4.78, 5) is 29.9. The molecule has 0 bridgehead atoms. The van der Waals surface area contributed by atoms with E-state index >= 15 is 0 Å². The van der Waals surface area contributed by atoms with Gasteiger partial charge in [-0.25, -0.2) is 4.98 Å². The molecule has 158 valence electrons. The molecule has 0 aliphatic carbocycles. The Morgan fingerprint density at radius 2 is 2.23 bits per heavy atom. The molecule has 1 aromatic heterocycles. The van der Waals surface area contributed by atoms with Crippen molar-refractivity contribution in [2.24, 2.45) is 5.73 Å². The molecule has 1 fully saturated rings. The molecule has 2 heterocycles. The number of pyridine rings is 1. The van der Waals surface area contributed by atoms with Crippen molar-refractivity contribution >= 4 is 22.6 Å². The summed E-state index contributed by atoms with van der Waals surface area (Å²) >= 11 is 0. The second-order valence-corrected chi connectivity index (χ2v) is 7.18. The summed E-state index contributed by atoms with van der Waals surface area (Å²) < 4.78 is 17.2. The van der Waals surface area contributed by atoms with Gasteiger partial charge in [0.1, 0.15) is 18.8 Å². The van der Waals surface area contributed by atoms with Crippen LogP contribution < -0.4 is 15.2 Å². The highest BCUT2D eigenvalue weighted by Crippen LogP contribution is 2.31. The molecular formula is C21H24N4O5. The maximum absolute atomic E-state index is 12.2. The number of fused-ring (bicyclic) bond motifs is 1. The Hall–Kier alpha value is -3.38. The molecule has 0 spiro atoms. The largest absolute Gasteiger partial charge is 0.490 e. The van der Waals surface area contributed by atoms with Crippen molar-refractivity contribution < 1.29 is 23.8 Å². The average Bonchev–Trinajstić information content (AvgIpc) is 2.71. The minimum atomic E-state index is -0.585. The van der Waals surface area contributed by atoms with E-state index in [1.165, 1.54) is 0 Å². The Morgan fingerprint density at radius 3 is 2.93 bits per heavy atom. The molecule has 9 nitrogen and oxygen atoms in total. The average molecular weight is 412 g/mol. The van der Waals surface area contributed by atoms with Crippen LogP contribution in [0.25, 0.3) is 10.8 Å². The summed E-state index contributed by atoms with van der Waals surface area (Å²) in [6.45, 7) is 5.01. The highest BCUT2D eigenvalue weighted by molar-refractivity contribution is 6.01. The molecule has 9 heteroatoms. The molecular weight excluding hydrogens is 388 g/mol. The molecule has 2 aromatic rings. The summed E-state index contributed by atoms with van der Waals surface area (Å²) in [5, 5.41) is 10.2. The van der Waals surface area contributed by atoms with Crippen LogP contribution >= 0.6 is 0 Å². The normalized spacial score (nSPS) is 16.3.